The van der Waals surface area contributed by atoms with Crippen molar-refractivity contribution in [2.75, 3.05) is 7.11 Å². The van der Waals surface area contributed by atoms with Crippen molar-refractivity contribution < 1.29 is 19.4 Å². The number of carboxylic acids is 1. The number of ether oxygens (including phenoxy) is 1. The number of nitrogens with one attached hydrogen (secondary N) is 1. The molecule has 0 radical (unpaired) electrons. The van der Waals surface area contributed by atoms with Gasteiger partial charge in [-0.2, -0.15) is 5.10 Å². The molecule has 0 bridgehead atoms. The molecular formula is C16H13ClN2O4. The highest BCUT2D eigenvalue weighted by atomic mass is 35.5. The van der Waals surface area contributed by atoms with Gasteiger partial charge in [-0.05, 0) is 35.9 Å². The minimum Gasteiger partial charge on any atom is -0.496 e. The van der Waals surface area contributed by atoms with Gasteiger partial charge in [-0.1, -0.05) is 23.7 Å². The lowest BCUT2D eigenvalue weighted by atomic mass is 10.1. The van der Waals surface area contributed by atoms with Crippen LogP contribution in [0.2, 0.25) is 5.02 Å². The summed E-state index contributed by atoms with van der Waals surface area (Å²) in [4.78, 5) is 23.0. The first-order chi connectivity index (χ1) is 11.0. The highest BCUT2D eigenvalue weighted by Gasteiger charge is 2.11. The first-order valence-corrected chi connectivity index (χ1v) is 6.90. The Hall–Kier alpha value is -2.86. The molecule has 1 amide bonds. The number of hydrogen-bond acceptors (Lipinski definition) is 4. The topological polar surface area (TPSA) is 88.0 Å². The fraction of sp³-hybridized carbons (Fsp3) is 0.0625. The SMILES string of the molecule is COc1ccc(C=NNC(=O)c2ccccc2Cl)cc1C(=O)O. The summed E-state index contributed by atoms with van der Waals surface area (Å²) in [7, 11) is 1.39. The largest absolute Gasteiger partial charge is 0.496 e. The minimum atomic E-state index is -1.11. The van der Waals surface area contributed by atoms with Crippen LogP contribution in [0.5, 0.6) is 5.75 Å². The summed E-state index contributed by atoms with van der Waals surface area (Å²) in [5, 5.41) is 13.2. The van der Waals surface area contributed by atoms with Gasteiger partial charge >= 0.3 is 5.97 Å². The van der Waals surface area contributed by atoms with Crippen molar-refractivity contribution in [1.29, 1.82) is 0 Å². The summed E-state index contributed by atoms with van der Waals surface area (Å²) in [5.74, 6) is -1.33. The molecule has 0 unspecified atom stereocenters. The average molecular weight is 333 g/mol. The summed E-state index contributed by atoms with van der Waals surface area (Å²) in [6, 6.07) is 11.1. The van der Waals surface area contributed by atoms with Crippen molar-refractivity contribution in [3.8, 4) is 5.75 Å². The van der Waals surface area contributed by atoms with Gasteiger partial charge in [0.15, 0.2) is 0 Å². The molecule has 0 fully saturated rings. The molecule has 0 aromatic heterocycles. The molecule has 118 valence electrons. The van der Waals surface area contributed by atoms with Crippen LogP contribution in [-0.4, -0.2) is 30.3 Å². The van der Waals surface area contributed by atoms with Crippen LogP contribution >= 0.6 is 11.6 Å². The van der Waals surface area contributed by atoms with Crippen molar-refractivity contribution in [1.82, 2.24) is 5.43 Å². The Balaban J connectivity index is 2.12. The molecule has 0 spiro atoms. The second kappa shape index (κ2) is 7.42. The molecule has 0 aliphatic heterocycles. The summed E-state index contributed by atoms with van der Waals surface area (Å²) in [6.45, 7) is 0. The number of carbonyl (C=O) groups is 2. The number of carbonyl (C=O) groups excluding carboxylic acids is 1. The highest BCUT2D eigenvalue weighted by Crippen LogP contribution is 2.19. The normalized spacial score (nSPS) is 10.5. The number of aromatic carboxylic acids is 1. The number of hydrazone groups is 1. The van der Waals surface area contributed by atoms with Crippen molar-refractivity contribution in [2.45, 2.75) is 0 Å². The van der Waals surface area contributed by atoms with Gasteiger partial charge in [0.2, 0.25) is 0 Å². The Morgan fingerprint density at radius 3 is 2.61 bits per heavy atom. The van der Waals surface area contributed by atoms with Crippen LogP contribution in [0.1, 0.15) is 26.3 Å². The van der Waals surface area contributed by atoms with Crippen LogP contribution in [-0.2, 0) is 0 Å². The first kappa shape index (κ1) is 16.5. The van der Waals surface area contributed by atoms with Crippen molar-refractivity contribution in [3.63, 3.8) is 0 Å². The van der Waals surface area contributed by atoms with E-state index in [9.17, 15) is 9.59 Å². The van der Waals surface area contributed by atoms with E-state index in [1.54, 1.807) is 30.3 Å². The lowest BCUT2D eigenvalue weighted by Gasteiger charge is -2.05. The summed E-state index contributed by atoms with van der Waals surface area (Å²) < 4.78 is 4.97. The number of methoxy groups -OCH3 is 1. The standard InChI is InChI=1S/C16H13ClN2O4/c1-23-14-7-6-10(8-12(14)16(21)22)9-18-19-15(20)11-4-2-3-5-13(11)17/h2-9H,1H3,(H,19,20)(H,21,22). The maximum atomic E-state index is 11.9. The smallest absolute Gasteiger partial charge is 0.339 e. The van der Waals surface area contributed by atoms with Crippen LogP contribution in [0.3, 0.4) is 0 Å². The van der Waals surface area contributed by atoms with Crippen LogP contribution in [0.15, 0.2) is 47.6 Å². The summed E-state index contributed by atoms with van der Waals surface area (Å²) >= 11 is 5.91. The molecule has 0 aliphatic carbocycles. The molecule has 0 saturated carbocycles. The number of halogens is 1. The fourth-order valence-corrected chi connectivity index (χ4v) is 2.07. The summed E-state index contributed by atoms with van der Waals surface area (Å²) in [6.07, 6.45) is 1.33. The number of carboxylic acid groups (broad SMARTS) is 1. The molecule has 7 heteroatoms. The second-order valence-electron chi connectivity index (χ2n) is 4.44. The van der Waals surface area contributed by atoms with Crippen LogP contribution < -0.4 is 10.2 Å². The Morgan fingerprint density at radius 1 is 1.22 bits per heavy atom. The number of rotatable bonds is 5. The Kier molecular flexibility index (Phi) is 5.32. The molecule has 0 saturated heterocycles. The maximum absolute atomic E-state index is 11.9. The molecule has 2 aromatic carbocycles. The van der Waals surface area contributed by atoms with E-state index in [1.807, 2.05) is 0 Å². The minimum absolute atomic E-state index is 0.00822. The molecule has 2 aromatic rings. The lowest BCUT2D eigenvalue weighted by molar-refractivity contribution is 0.0693. The van der Waals surface area contributed by atoms with E-state index < -0.39 is 11.9 Å². The van der Waals surface area contributed by atoms with Gasteiger partial charge in [0.25, 0.3) is 5.91 Å². The second-order valence-corrected chi connectivity index (χ2v) is 4.85. The van der Waals surface area contributed by atoms with Gasteiger partial charge in [-0.25, -0.2) is 10.2 Å². The molecule has 0 atom stereocenters. The number of amides is 1. The molecular weight excluding hydrogens is 320 g/mol. The van der Waals surface area contributed by atoms with E-state index in [0.29, 0.717) is 16.1 Å². The average Bonchev–Trinajstić information content (AvgIpc) is 2.55. The third-order valence-corrected chi connectivity index (χ3v) is 3.28. The predicted molar refractivity (Wildman–Crippen MR) is 86.5 cm³/mol. The first-order valence-electron chi connectivity index (χ1n) is 6.52. The van der Waals surface area contributed by atoms with E-state index in [-0.39, 0.29) is 11.3 Å². The van der Waals surface area contributed by atoms with Crippen molar-refractivity contribution >= 4 is 29.7 Å². The lowest BCUT2D eigenvalue weighted by Crippen LogP contribution is -2.18. The molecule has 2 rings (SSSR count). The molecule has 0 aliphatic rings. The van der Waals surface area contributed by atoms with E-state index >= 15 is 0 Å². The van der Waals surface area contributed by atoms with Crippen LogP contribution in [0, 0.1) is 0 Å². The quantitative estimate of drug-likeness (QED) is 0.651. The Morgan fingerprint density at radius 2 is 1.96 bits per heavy atom. The van der Waals surface area contributed by atoms with Gasteiger partial charge in [0.05, 0.1) is 23.9 Å². The molecule has 0 heterocycles. The fourth-order valence-electron chi connectivity index (χ4n) is 1.84. The Labute approximate surface area is 137 Å². The van der Waals surface area contributed by atoms with E-state index in [1.165, 1.54) is 25.5 Å². The van der Waals surface area contributed by atoms with Crippen molar-refractivity contribution in [2.24, 2.45) is 5.10 Å². The molecule has 2 N–H and O–H groups in total. The van der Waals surface area contributed by atoms with Gasteiger partial charge in [-0.15, -0.1) is 0 Å². The molecule has 6 nitrogen and oxygen atoms in total. The zero-order chi connectivity index (χ0) is 16.8. The van der Waals surface area contributed by atoms with Gasteiger partial charge < -0.3 is 9.84 Å². The van der Waals surface area contributed by atoms with Crippen molar-refractivity contribution in [3.05, 3.63) is 64.2 Å². The third-order valence-electron chi connectivity index (χ3n) is 2.95. The number of nitrogens with zero attached hydrogens (tertiary/aromatic N) is 1. The zero-order valence-electron chi connectivity index (χ0n) is 12.1. The maximum Gasteiger partial charge on any atom is 0.339 e. The third kappa shape index (κ3) is 4.08. The van der Waals surface area contributed by atoms with Gasteiger partial charge in [0, 0.05) is 0 Å². The zero-order valence-corrected chi connectivity index (χ0v) is 12.9. The van der Waals surface area contributed by atoms with E-state index in [2.05, 4.69) is 10.5 Å². The number of hydrogen-bond donors (Lipinski definition) is 2. The van der Waals surface area contributed by atoms with E-state index in [4.69, 9.17) is 21.4 Å². The van der Waals surface area contributed by atoms with E-state index in [0.717, 1.165) is 0 Å². The number of benzene rings is 2. The summed E-state index contributed by atoms with van der Waals surface area (Å²) in [5.41, 5.74) is 3.14. The van der Waals surface area contributed by atoms with Crippen LogP contribution in [0.25, 0.3) is 0 Å². The monoisotopic (exact) mass is 332 g/mol. The van der Waals surface area contributed by atoms with Crippen LogP contribution in [0.4, 0.5) is 0 Å². The molecule has 23 heavy (non-hydrogen) atoms. The van der Waals surface area contributed by atoms with Gasteiger partial charge in [-0.3, -0.25) is 4.79 Å². The predicted octanol–water partition coefficient (Wildman–Crippen LogP) is 2.81. The highest BCUT2D eigenvalue weighted by molar-refractivity contribution is 6.33. The van der Waals surface area contributed by atoms with Gasteiger partial charge in [0.1, 0.15) is 11.3 Å². The Bertz CT molecular complexity index is 774.